The van der Waals surface area contributed by atoms with Crippen LogP contribution in [0.5, 0.6) is 0 Å². The molecule has 1 aromatic heterocycles. The Balaban J connectivity index is 1.67. The maximum Gasteiger partial charge on any atom is 0.493 e. The molecule has 5 nitrogen and oxygen atoms in total. The Hall–Kier alpha value is -1.37. The molecular formula is C15H22BN3O2. The summed E-state index contributed by atoms with van der Waals surface area (Å²) in [6.07, 6.45) is 5.74. The van der Waals surface area contributed by atoms with Crippen molar-refractivity contribution < 1.29 is 9.31 Å². The summed E-state index contributed by atoms with van der Waals surface area (Å²) in [6, 6.07) is 4.01. The molecule has 3 rings (SSSR count). The van der Waals surface area contributed by atoms with Gasteiger partial charge in [0.15, 0.2) is 0 Å². The topological polar surface area (TPSA) is 46.6 Å². The molecule has 0 aromatic carbocycles. The van der Waals surface area contributed by atoms with E-state index >= 15 is 0 Å². The van der Waals surface area contributed by atoms with Gasteiger partial charge >= 0.3 is 7.12 Å². The molecule has 6 heteroatoms. The van der Waals surface area contributed by atoms with Crippen molar-refractivity contribution >= 4 is 7.12 Å². The molecule has 0 radical (unpaired) electrons. The van der Waals surface area contributed by atoms with Crippen LogP contribution in [0.3, 0.4) is 0 Å². The van der Waals surface area contributed by atoms with Crippen LogP contribution in [0.4, 0.5) is 0 Å². The molecule has 0 atom stereocenters. The molecule has 0 saturated carbocycles. The molecule has 1 aromatic rings. The van der Waals surface area contributed by atoms with E-state index in [1.165, 1.54) is 0 Å². The van der Waals surface area contributed by atoms with Crippen molar-refractivity contribution in [2.24, 2.45) is 0 Å². The number of pyridine rings is 1. The van der Waals surface area contributed by atoms with Gasteiger partial charge in [-0.2, -0.15) is 0 Å². The maximum atomic E-state index is 6.08. The normalized spacial score (nSPS) is 23.5. The van der Waals surface area contributed by atoms with Gasteiger partial charge in [-0.05, 0) is 44.8 Å². The summed E-state index contributed by atoms with van der Waals surface area (Å²) in [5.41, 5.74) is 5.03. The molecule has 0 amide bonds. The summed E-state index contributed by atoms with van der Waals surface area (Å²) in [7, 11) is -0.276. The summed E-state index contributed by atoms with van der Waals surface area (Å²) in [4.78, 5) is 4.14. The van der Waals surface area contributed by atoms with Crippen LogP contribution >= 0.6 is 0 Å². The number of nitrogens with zero attached hydrogens (tertiary/aromatic N) is 2. The second kappa shape index (κ2) is 5.12. The van der Waals surface area contributed by atoms with Crippen LogP contribution in [0, 0.1) is 0 Å². The minimum atomic E-state index is -0.296. The molecule has 1 saturated heterocycles. The number of hydrazine groups is 1. The van der Waals surface area contributed by atoms with Gasteiger partial charge in [-0.15, -0.1) is 0 Å². The van der Waals surface area contributed by atoms with E-state index in [2.05, 4.69) is 55.4 Å². The van der Waals surface area contributed by atoms with Gasteiger partial charge in [0.1, 0.15) is 0 Å². The number of aromatic nitrogens is 1. The minimum absolute atomic E-state index is 0.276. The largest absolute Gasteiger partial charge is 0.493 e. The lowest BCUT2D eigenvalue weighted by atomic mass is 9.79. The van der Waals surface area contributed by atoms with Crippen LogP contribution in [-0.2, 0) is 15.9 Å². The van der Waals surface area contributed by atoms with Crippen LogP contribution in [0.25, 0.3) is 0 Å². The molecular weight excluding hydrogens is 265 g/mol. The van der Waals surface area contributed by atoms with Crippen molar-refractivity contribution in [1.82, 2.24) is 15.4 Å². The second-order valence-electron chi connectivity index (χ2n) is 6.62. The Morgan fingerprint density at radius 2 is 2.00 bits per heavy atom. The highest BCUT2D eigenvalue weighted by Gasteiger charge is 2.52. The highest BCUT2D eigenvalue weighted by molar-refractivity contribution is 6.54. The monoisotopic (exact) mass is 287 g/mol. The Kier molecular flexibility index (Phi) is 3.55. The van der Waals surface area contributed by atoms with Crippen LogP contribution in [-0.4, -0.2) is 34.9 Å². The van der Waals surface area contributed by atoms with Gasteiger partial charge < -0.3 is 14.3 Å². The molecule has 0 bridgehead atoms. The van der Waals surface area contributed by atoms with Gasteiger partial charge in [0.25, 0.3) is 0 Å². The summed E-state index contributed by atoms with van der Waals surface area (Å²) in [5.74, 6) is 0. The van der Waals surface area contributed by atoms with Gasteiger partial charge in [0.2, 0.25) is 0 Å². The van der Waals surface area contributed by atoms with E-state index < -0.39 is 0 Å². The zero-order valence-corrected chi connectivity index (χ0v) is 13.1. The Morgan fingerprint density at radius 1 is 1.29 bits per heavy atom. The quantitative estimate of drug-likeness (QED) is 0.861. The van der Waals surface area contributed by atoms with E-state index in [9.17, 15) is 0 Å². The third-order valence-electron chi connectivity index (χ3n) is 4.44. The van der Waals surface area contributed by atoms with E-state index in [1.54, 1.807) is 6.20 Å². The molecule has 3 heterocycles. The first-order chi connectivity index (χ1) is 9.87. The fraction of sp³-hybridized carbons (Fsp3) is 0.533. The highest BCUT2D eigenvalue weighted by atomic mass is 16.7. The van der Waals surface area contributed by atoms with Gasteiger partial charge in [-0.25, -0.2) is 5.43 Å². The molecule has 21 heavy (non-hydrogen) atoms. The fourth-order valence-corrected chi connectivity index (χ4v) is 2.41. The van der Waals surface area contributed by atoms with Gasteiger partial charge in [-0.3, -0.25) is 4.98 Å². The van der Waals surface area contributed by atoms with Crippen molar-refractivity contribution in [2.45, 2.75) is 45.4 Å². The average molecular weight is 287 g/mol. The zero-order valence-electron chi connectivity index (χ0n) is 13.1. The van der Waals surface area contributed by atoms with E-state index in [1.807, 2.05) is 12.3 Å². The van der Waals surface area contributed by atoms with Crippen molar-refractivity contribution in [1.29, 1.82) is 0 Å². The van der Waals surface area contributed by atoms with Gasteiger partial charge in [-0.1, -0.05) is 6.07 Å². The van der Waals surface area contributed by atoms with Crippen molar-refractivity contribution in [2.75, 3.05) is 6.54 Å². The van der Waals surface area contributed by atoms with Crippen molar-refractivity contribution in [3.8, 4) is 0 Å². The van der Waals surface area contributed by atoms with E-state index in [0.29, 0.717) is 0 Å². The third kappa shape index (κ3) is 2.84. The highest BCUT2D eigenvalue weighted by Crippen LogP contribution is 2.38. The molecule has 1 fully saturated rings. The standard InChI is InChI=1S/C15H22BN3O2/c1-14(2)15(3,4)21-16(20-14)13-9-18-19(11-13)10-12-6-5-7-17-8-12/h5-8,11,18H,9-10H2,1-4H3. The fourth-order valence-electron chi connectivity index (χ4n) is 2.41. The van der Waals surface area contributed by atoms with Gasteiger partial charge in [0.05, 0.1) is 17.7 Å². The van der Waals surface area contributed by atoms with E-state index in [0.717, 1.165) is 24.1 Å². The molecule has 0 unspecified atom stereocenters. The smallest absolute Gasteiger partial charge is 0.399 e. The summed E-state index contributed by atoms with van der Waals surface area (Å²) in [5, 5.41) is 2.05. The van der Waals surface area contributed by atoms with Crippen LogP contribution < -0.4 is 5.43 Å². The number of hydrogen-bond donors (Lipinski definition) is 1. The summed E-state index contributed by atoms with van der Waals surface area (Å²) >= 11 is 0. The lowest BCUT2D eigenvalue weighted by molar-refractivity contribution is 0.00578. The van der Waals surface area contributed by atoms with Crippen LogP contribution in [0.2, 0.25) is 0 Å². The maximum absolute atomic E-state index is 6.08. The van der Waals surface area contributed by atoms with Crippen molar-refractivity contribution in [3.05, 3.63) is 41.8 Å². The minimum Gasteiger partial charge on any atom is -0.399 e. The predicted octanol–water partition coefficient (Wildman–Crippen LogP) is 1.92. The molecule has 112 valence electrons. The Labute approximate surface area is 126 Å². The SMILES string of the molecule is CC1(C)OB(C2=CN(Cc3cccnc3)NC2)OC1(C)C. The predicted molar refractivity (Wildman–Crippen MR) is 81.9 cm³/mol. The average Bonchev–Trinajstić information content (AvgIpc) is 2.94. The molecule has 2 aliphatic rings. The van der Waals surface area contributed by atoms with Crippen molar-refractivity contribution in [3.63, 3.8) is 0 Å². The van der Waals surface area contributed by atoms with E-state index in [-0.39, 0.29) is 18.3 Å². The molecule has 1 N–H and O–H groups in total. The van der Waals surface area contributed by atoms with Crippen LogP contribution in [0.1, 0.15) is 33.3 Å². The second-order valence-corrected chi connectivity index (χ2v) is 6.62. The lowest BCUT2D eigenvalue weighted by Crippen LogP contribution is -2.41. The molecule has 0 aliphatic carbocycles. The first kappa shape index (κ1) is 14.6. The van der Waals surface area contributed by atoms with Crippen LogP contribution in [0.15, 0.2) is 36.2 Å². The first-order valence-electron chi connectivity index (χ1n) is 7.33. The van der Waals surface area contributed by atoms with Gasteiger partial charge in [0, 0.05) is 25.1 Å². The number of rotatable bonds is 3. The Bertz CT molecular complexity index is 529. The zero-order chi connectivity index (χ0) is 15.1. The number of nitrogens with one attached hydrogen (secondary N) is 1. The lowest BCUT2D eigenvalue weighted by Gasteiger charge is -2.32. The van der Waals surface area contributed by atoms with E-state index in [4.69, 9.17) is 9.31 Å². The number of hydrogen-bond acceptors (Lipinski definition) is 5. The third-order valence-corrected chi connectivity index (χ3v) is 4.44. The molecule has 2 aliphatic heterocycles. The first-order valence-corrected chi connectivity index (χ1v) is 7.33. The summed E-state index contributed by atoms with van der Waals surface area (Å²) < 4.78 is 12.2. The Morgan fingerprint density at radius 3 is 2.62 bits per heavy atom. The summed E-state index contributed by atoms with van der Waals surface area (Å²) in [6.45, 7) is 9.81. The molecule has 0 spiro atoms.